The monoisotopic (exact) mass is 266 g/mol. The lowest BCUT2D eigenvalue weighted by Gasteiger charge is -2.07. The normalized spacial score (nSPS) is 11.7. The Balaban J connectivity index is 2.03. The molecule has 2 nitrogen and oxygen atoms in total. The highest BCUT2D eigenvalue weighted by atomic mass is 14.9. The van der Waals surface area contributed by atoms with E-state index >= 15 is 0 Å². The molecule has 0 radical (unpaired) electrons. The van der Waals surface area contributed by atoms with Crippen LogP contribution in [0, 0.1) is 5.92 Å². The maximum absolute atomic E-state index is 4.64. The second-order valence-electron chi connectivity index (χ2n) is 5.48. The Kier molecular flexibility index (Phi) is 4.94. The molecule has 0 aliphatic heterocycles. The first-order valence-electron chi connectivity index (χ1n) is 7.10. The van der Waals surface area contributed by atoms with Crippen LogP contribution in [-0.2, 0) is 0 Å². The van der Waals surface area contributed by atoms with Crippen LogP contribution in [0.1, 0.15) is 27.2 Å². The standard InChI is InChI=1S/C18H22N2/c1-14(2)13-15(3)19-17-9-11-18(12-10-17)20-16-7-5-4-6-8-16/h4-12,14,20H,13H2,1-3H3. The van der Waals surface area contributed by atoms with E-state index in [-0.39, 0.29) is 0 Å². The van der Waals surface area contributed by atoms with E-state index in [9.17, 15) is 0 Å². The highest BCUT2D eigenvalue weighted by Gasteiger charge is 1.98. The van der Waals surface area contributed by atoms with Gasteiger partial charge in [-0.15, -0.1) is 0 Å². The van der Waals surface area contributed by atoms with Crippen molar-refractivity contribution in [1.29, 1.82) is 0 Å². The number of anilines is 2. The summed E-state index contributed by atoms with van der Waals surface area (Å²) in [6.45, 7) is 6.52. The third kappa shape index (κ3) is 4.54. The lowest BCUT2D eigenvalue weighted by Crippen LogP contribution is -1.97. The zero-order chi connectivity index (χ0) is 14.4. The molecule has 2 aromatic carbocycles. The Bertz CT molecular complexity index is 554. The van der Waals surface area contributed by atoms with Gasteiger partial charge in [0, 0.05) is 17.1 Å². The van der Waals surface area contributed by atoms with Gasteiger partial charge >= 0.3 is 0 Å². The van der Waals surface area contributed by atoms with Crippen LogP contribution in [0.3, 0.4) is 0 Å². The second-order valence-corrected chi connectivity index (χ2v) is 5.48. The molecule has 1 N–H and O–H groups in total. The molecule has 20 heavy (non-hydrogen) atoms. The van der Waals surface area contributed by atoms with Gasteiger partial charge in [0.05, 0.1) is 5.69 Å². The van der Waals surface area contributed by atoms with Gasteiger partial charge in [-0.05, 0) is 55.7 Å². The summed E-state index contributed by atoms with van der Waals surface area (Å²) in [7, 11) is 0. The second kappa shape index (κ2) is 6.90. The Morgan fingerprint density at radius 3 is 2.15 bits per heavy atom. The summed E-state index contributed by atoms with van der Waals surface area (Å²) in [5.41, 5.74) is 4.38. The molecule has 2 rings (SSSR count). The molecule has 2 heteroatoms. The molecule has 0 amide bonds. The Morgan fingerprint density at radius 2 is 1.55 bits per heavy atom. The first kappa shape index (κ1) is 14.3. The topological polar surface area (TPSA) is 24.4 Å². The van der Waals surface area contributed by atoms with Gasteiger partial charge in [0.25, 0.3) is 0 Å². The van der Waals surface area contributed by atoms with E-state index in [0.29, 0.717) is 5.92 Å². The zero-order valence-corrected chi connectivity index (χ0v) is 12.4. The predicted octanol–water partition coefficient (Wildman–Crippen LogP) is 5.57. The van der Waals surface area contributed by atoms with Gasteiger partial charge in [0.1, 0.15) is 0 Å². The molecule has 0 aliphatic carbocycles. The van der Waals surface area contributed by atoms with Crippen molar-refractivity contribution in [2.24, 2.45) is 10.9 Å². The summed E-state index contributed by atoms with van der Waals surface area (Å²) in [4.78, 5) is 4.64. The van der Waals surface area contributed by atoms with Gasteiger partial charge in [-0.1, -0.05) is 32.0 Å². The maximum atomic E-state index is 4.64. The van der Waals surface area contributed by atoms with E-state index in [1.807, 2.05) is 18.2 Å². The molecule has 0 saturated carbocycles. The fourth-order valence-corrected chi connectivity index (χ4v) is 2.16. The highest BCUT2D eigenvalue weighted by molar-refractivity contribution is 5.84. The van der Waals surface area contributed by atoms with Crippen LogP contribution in [0.2, 0.25) is 0 Å². The zero-order valence-electron chi connectivity index (χ0n) is 12.4. The molecule has 0 aliphatic rings. The first-order chi connectivity index (χ1) is 9.63. The van der Waals surface area contributed by atoms with Gasteiger partial charge in [0.15, 0.2) is 0 Å². The fraction of sp³-hybridized carbons (Fsp3) is 0.278. The summed E-state index contributed by atoms with van der Waals surface area (Å²) < 4.78 is 0. The lowest BCUT2D eigenvalue weighted by atomic mass is 10.1. The van der Waals surface area contributed by atoms with Gasteiger partial charge in [-0.3, -0.25) is 4.99 Å². The van der Waals surface area contributed by atoms with Crippen molar-refractivity contribution in [2.75, 3.05) is 5.32 Å². The Hall–Kier alpha value is -2.09. The molecule has 2 aromatic rings. The third-order valence-electron chi connectivity index (χ3n) is 2.95. The maximum Gasteiger partial charge on any atom is 0.0630 e. The smallest absolute Gasteiger partial charge is 0.0630 e. The summed E-state index contributed by atoms with van der Waals surface area (Å²) in [5, 5.41) is 3.37. The SMILES string of the molecule is CC(CC(C)C)=Nc1ccc(Nc2ccccc2)cc1. The van der Waals surface area contributed by atoms with Crippen LogP contribution in [0.5, 0.6) is 0 Å². The minimum absolute atomic E-state index is 0.651. The largest absolute Gasteiger partial charge is 0.356 e. The molecule has 0 fully saturated rings. The van der Waals surface area contributed by atoms with Gasteiger partial charge < -0.3 is 5.32 Å². The van der Waals surface area contributed by atoms with Crippen LogP contribution >= 0.6 is 0 Å². The van der Waals surface area contributed by atoms with Crippen molar-refractivity contribution < 1.29 is 0 Å². The van der Waals surface area contributed by atoms with Gasteiger partial charge in [-0.25, -0.2) is 0 Å². The van der Waals surface area contributed by atoms with Crippen molar-refractivity contribution in [2.45, 2.75) is 27.2 Å². The van der Waals surface area contributed by atoms with E-state index in [4.69, 9.17) is 0 Å². The van der Waals surface area contributed by atoms with E-state index in [0.717, 1.165) is 23.5 Å². The van der Waals surface area contributed by atoms with E-state index < -0.39 is 0 Å². The number of para-hydroxylation sites is 1. The van der Waals surface area contributed by atoms with E-state index in [2.05, 4.69) is 67.5 Å². The number of benzene rings is 2. The molecule has 0 atom stereocenters. The summed E-state index contributed by atoms with van der Waals surface area (Å²) in [5.74, 6) is 0.651. The molecule has 0 aromatic heterocycles. The molecule has 0 bridgehead atoms. The van der Waals surface area contributed by atoms with Crippen LogP contribution in [0.4, 0.5) is 17.1 Å². The molecular formula is C18H22N2. The summed E-state index contributed by atoms with van der Waals surface area (Å²) in [6, 6.07) is 18.4. The number of hydrogen-bond acceptors (Lipinski definition) is 2. The quantitative estimate of drug-likeness (QED) is 0.703. The lowest BCUT2D eigenvalue weighted by molar-refractivity contribution is 0.682. The van der Waals surface area contributed by atoms with Gasteiger partial charge in [-0.2, -0.15) is 0 Å². The Morgan fingerprint density at radius 1 is 0.950 bits per heavy atom. The van der Waals surface area contributed by atoms with E-state index in [1.165, 1.54) is 5.71 Å². The van der Waals surface area contributed by atoms with Gasteiger partial charge in [0.2, 0.25) is 0 Å². The van der Waals surface area contributed by atoms with Crippen molar-refractivity contribution in [1.82, 2.24) is 0 Å². The first-order valence-corrected chi connectivity index (χ1v) is 7.10. The summed E-state index contributed by atoms with van der Waals surface area (Å²) >= 11 is 0. The molecule has 0 unspecified atom stereocenters. The van der Waals surface area contributed by atoms with Crippen molar-refractivity contribution >= 4 is 22.8 Å². The minimum Gasteiger partial charge on any atom is -0.356 e. The highest BCUT2D eigenvalue weighted by Crippen LogP contribution is 2.20. The number of hydrogen-bond donors (Lipinski definition) is 1. The minimum atomic E-state index is 0.651. The van der Waals surface area contributed by atoms with Crippen LogP contribution in [0.25, 0.3) is 0 Å². The van der Waals surface area contributed by atoms with Crippen molar-refractivity contribution in [3.8, 4) is 0 Å². The van der Waals surface area contributed by atoms with Crippen molar-refractivity contribution in [3.63, 3.8) is 0 Å². The number of nitrogens with one attached hydrogen (secondary N) is 1. The van der Waals surface area contributed by atoms with Crippen LogP contribution < -0.4 is 5.32 Å². The molecule has 0 heterocycles. The van der Waals surface area contributed by atoms with E-state index in [1.54, 1.807) is 0 Å². The summed E-state index contributed by atoms with van der Waals surface area (Å²) in [6.07, 6.45) is 1.05. The van der Waals surface area contributed by atoms with Crippen LogP contribution in [0.15, 0.2) is 59.6 Å². The number of aliphatic imine (C=N–C) groups is 1. The predicted molar refractivity (Wildman–Crippen MR) is 88.4 cm³/mol. The number of rotatable bonds is 5. The average molecular weight is 266 g/mol. The molecule has 104 valence electrons. The molecule has 0 saturated heterocycles. The Labute approximate surface area is 121 Å². The number of nitrogens with zero attached hydrogens (tertiary/aromatic N) is 1. The molecule has 0 spiro atoms. The fourth-order valence-electron chi connectivity index (χ4n) is 2.16. The average Bonchev–Trinajstić information content (AvgIpc) is 2.41. The van der Waals surface area contributed by atoms with Crippen LogP contribution in [-0.4, -0.2) is 5.71 Å². The molecular weight excluding hydrogens is 244 g/mol. The third-order valence-corrected chi connectivity index (χ3v) is 2.95. The van der Waals surface area contributed by atoms with Crippen molar-refractivity contribution in [3.05, 3.63) is 54.6 Å².